The van der Waals surface area contributed by atoms with Crippen molar-refractivity contribution in [1.29, 1.82) is 0 Å². The van der Waals surface area contributed by atoms with Crippen LogP contribution in [0.25, 0.3) is 0 Å². The number of ether oxygens (including phenoxy) is 1. The molecule has 5 nitrogen and oxygen atoms in total. The molecule has 1 aliphatic heterocycles. The van der Waals surface area contributed by atoms with Gasteiger partial charge in [0.05, 0.1) is 5.60 Å². The largest absolute Gasteiger partial charge is 0.511 e. The van der Waals surface area contributed by atoms with Gasteiger partial charge >= 0.3 is 5.97 Å². The van der Waals surface area contributed by atoms with Crippen molar-refractivity contribution >= 4 is 11.8 Å². The van der Waals surface area contributed by atoms with E-state index in [0.29, 0.717) is 19.3 Å². The first kappa shape index (κ1) is 25.2. The van der Waals surface area contributed by atoms with Crippen LogP contribution in [0.3, 0.4) is 0 Å². The smallest absolute Gasteiger partial charge is 0.320 e. The molecule has 1 fully saturated rings. The minimum absolute atomic E-state index is 0.132. The second-order valence-electron chi connectivity index (χ2n) is 9.08. The molecule has 0 aromatic carbocycles. The Morgan fingerprint density at radius 3 is 2.38 bits per heavy atom. The Morgan fingerprint density at radius 2 is 1.86 bits per heavy atom. The Balaban J connectivity index is 3.22. The fraction of sp³-hybridized carbons (Fsp3) is 0.667. The second-order valence-corrected chi connectivity index (χ2v) is 9.08. The van der Waals surface area contributed by atoms with Crippen molar-refractivity contribution in [3.05, 3.63) is 35.1 Å². The van der Waals surface area contributed by atoms with E-state index in [9.17, 15) is 19.8 Å². The highest BCUT2D eigenvalue weighted by atomic mass is 16.6. The topological polar surface area (TPSA) is 83.8 Å². The molecule has 5 heteroatoms. The quantitative estimate of drug-likeness (QED) is 0.225. The van der Waals surface area contributed by atoms with Crippen molar-refractivity contribution in [2.24, 2.45) is 11.3 Å². The molecule has 164 valence electrons. The predicted molar refractivity (Wildman–Crippen MR) is 115 cm³/mol. The standard InChI is InChI=1S/C24H38O5/c1-8-18(6)19(25)14-20(26)24(13-11-17(4)5)15-21(29-22(24)27)23(7,28)12-9-10-16(2)3/h10-11,14,18,21,26,28H,8-9,12-13,15H2,1-7H3. The summed E-state index contributed by atoms with van der Waals surface area (Å²) in [5.74, 6) is -1.31. The van der Waals surface area contributed by atoms with Crippen molar-refractivity contribution < 1.29 is 24.5 Å². The number of aliphatic hydroxyl groups is 2. The Morgan fingerprint density at radius 1 is 1.28 bits per heavy atom. The molecule has 4 atom stereocenters. The average Bonchev–Trinajstić information content (AvgIpc) is 2.97. The maximum atomic E-state index is 12.9. The molecule has 4 unspecified atom stereocenters. The molecular weight excluding hydrogens is 368 g/mol. The third kappa shape index (κ3) is 6.56. The lowest BCUT2D eigenvalue weighted by atomic mass is 9.75. The fourth-order valence-corrected chi connectivity index (χ4v) is 3.32. The molecule has 0 radical (unpaired) electrons. The summed E-state index contributed by atoms with van der Waals surface area (Å²) in [6, 6.07) is 0. The second kappa shape index (κ2) is 10.2. The summed E-state index contributed by atoms with van der Waals surface area (Å²) in [6.45, 7) is 13.1. The van der Waals surface area contributed by atoms with Gasteiger partial charge in [-0.1, -0.05) is 37.1 Å². The lowest BCUT2D eigenvalue weighted by Crippen LogP contribution is -2.39. The van der Waals surface area contributed by atoms with Crippen molar-refractivity contribution in [3.63, 3.8) is 0 Å². The molecule has 0 bridgehead atoms. The van der Waals surface area contributed by atoms with Gasteiger partial charge in [-0.05, 0) is 60.3 Å². The van der Waals surface area contributed by atoms with E-state index in [1.54, 1.807) is 13.8 Å². The van der Waals surface area contributed by atoms with E-state index >= 15 is 0 Å². The first-order chi connectivity index (χ1) is 13.4. The third-order valence-corrected chi connectivity index (χ3v) is 5.80. The van der Waals surface area contributed by atoms with Gasteiger partial charge in [0.1, 0.15) is 17.3 Å². The first-order valence-electron chi connectivity index (χ1n) is 10.5. The molecule has 29 heavy (non-hydrogen) atoms. The lowest BCUT2D eigenvalue weighted by Gasteiger charge is -2.29. The summed E-state index contributed by atoms with van der Waals surface area (Å²) in [5.41, 5.74) is -0.413. The van der Waals surface area contributed by atoms with E-state index in [2.05, 4.69) is 0 Å². The highest BCUT2D eigenvalue weighted by Crippen LogP contribution is 2.46. The molecule has 0 aliphatic carbocycles. The molecule has 0 saturated carbocycles. The first-order valence-corrected chi connectivity index (χ1v) is 10.5. The fourth-order valence-electron chi connectivity index (χ4n) is 3.32. The molecule has 1 heterocycles. The molecule has 0 aromatic heterocycles. The molecule has 2 N–H and O–H groups in total. The van der Waals surface area contributed by atoms with Crippen molar-refractivity contribution in [3.8, 4) is 0 Å². The Kier molecular flexibility index (Phi) is 8.88. The monoisotopic (exact) mass is 406 g/mol. The van der Waals surface area contributed by atoms with Crippen LogP contribution in [-0.2, 0) is 14.3 Å². The summed E-state index contributed by atoms with van der Waals surface area (Å²) in [7, 11) is 0. The number of hydrogen-bond donors (Lipinski definition) is 2. The van der Waals surface area contributed by atoms with Gasteiger partial charge < -0.3 is 14.9 Å². The van der Waals surface area contributed by atoms with Gasteiger partial charge in [-0.3, -0.25) is 9.59 Å². The van der Waals surface area contributed by atoms with Gasteiger partial charge in [-0.25, -0.2) is 0 Å². The van der Waals surface area contributed by atoms with Gasteiger partial charge in [0.2, 0.25) is 0 Å². The number of ketones is 1. The Labute approximate surface area is 175 Å². The van der Waals surface area contributed by atoms with E-state index in [1.165, 1.54) is 6.08 Å². The van der Waals surface area contributed by atoms with Crippen LogP contribution in [0.5, 0.6) is 0 Å². The van der Waals surface area contributed by atoms with E-state index in [0.717, 1.165) is 11.1 Å². The van der Waals surface area contributed by atoms with Crippen LogP contribution in [0.1, 0.15) is 80.6 Å². The van der Waals surface area contributed by atoms with E-state index in [1.807, 2.05) is 46.8 Å². The van der Waals surface area contributed by atoms with Crippen LogP contribution in [0, 0.1) is 11.3 Å². The van der Waals surface area contributed by atoms with E-state index in [-0.39, 0.29) is 30.3 Å². The van der Waals surface area contributed by atoms with Crippen molar-refractivity contribution in [1.82, 2.24) is 0 Å². The summed E-state index contributed by atoms with van der Waals surface area (Å²) in [6.07, 6.45) is 6.43. The Hall–Kier alpha value is -1.88. The molecule has 0 aromatic rings. The third-order valence-electron chi connectivity index (χ3n) is 5.80. The maximum Gasteiger partial charge on any atom is 0.320 e. The SMILES string of the molecule is CCC(C)C(=O)C=C(O)C1(CC=C(C)C)CC(C(C)(O)CCC=C(C)C)OC1=O. The number of cyclic esters (lactones) is 1. The number of carbonyl (C=O) groups excluding carboxylic acids is 2. The van der Waals surface area contributed by atoms with Crippen LogP contribution in [0.15, 0.2) is 35.1 Å². The van der Waals surface area contributed by atoms with Crippen molar-refractivity contribution in [2.45, 2.75) is 92.3 Å². The minimum Gasteiger partial charge on any atom is -0.511 e. The zero-order valence-electron chi connectivity index (χ0n) is 19.0. The highest BCUT2D eigenvalue weighted by Gasteiger charge is 2.56. The summed E-state index contributed by atoms with van der Waals surface area (Å²) >= 11 is 0. The number of rotatable bonds is 10. The molecule has 0 spiro atoms. The number of carbonyl (C=O) groups is 2. The number of aliphatic hydroxyl groups excluding tert-OH is 1. The van der Waals surface area contributed by atoms with Crippen LogP contribution >= 0.6 is 0 Å². The number of allylic oxidation sites excluding steroid dienone is 5. The van der Waals surface area contributed by atoms with Crippen LogP contribution in [-0.4, -0.2) is 33.7 Å². The predicted octanol–water partition coefficient (Wildman–Crippen LogP) is 5.20. The van der Waals surface area contributed by atoms with Crippen molar-refractivity contribution in [2.75, 3.05) is 0 Å². The van der Waals surface area contributed by atoms with Crippen LogP contribution in [0.4, 0.5) is 0 Å². The molecule has 1 saturated heterocycles. The summed E-state index contributed by atoms with van der Waals surface area (Å²) < 4.78 is 5.57. The van der Waals surface area contributed by atoms with Gasteiger partial charge in [-0.2, -0.15) is 0 Å². The van der Waals surface area contributed by atoms with Gasteiger partial charge in [0.15, 0.2) is 5.78 Å². The lowest BCUT2D eigenvalue weighted by molar-refractivity contribution is -0.156. The number of esters is 1. The zero-order chi connectivity index (χ0) is 22.4. The van der Waals surface area contributed by atoms with Gasteiger partial charge in [0.25, 0.3) is 0 Å². The minimum atomic E-state index is -1.34. The molecule has 0 amide bonds. The van der Waals surface area contributed by atoms with Gasteiger partial charge in [0, 0.05) is 18.4 Å². The normalized spacial score (nSPS) is 25.0. The van der Waals surface area contributed by atoms with Crippen LogP contribution < -0.4 is 0 Å². The van der Waals surface area contributed by atoms with E-state index in [4.69, 9.17) is 4.74 Å². The Bertz CT molecular complexity index is 690. The molecule has 1 aliphatic rings. The van der Waals surface area contributed by atoms with E-state index < -0.39 is 23.1 Å². The average molecular weight is 407 g/mol. The maximum absolute atomic E-state index is 12.9. The summed E-state index contributed by atoms with van der Waals surface area (Å²) in [4.78, 5) is 25.3. The van der Waals surface area contributed by atoms with Gasteiger partial charge in [-0.15, -0.1) is 0 Å². The zero-order valence-corrected chi connectivity index (χ0v) is 19.0. The summed E-state index contributed by atoms with van der Waals surface area (Å²) in [5, 5.41) is 21.8. The molecular formula is C24H38O5. The van der Waals surface area contributed by atoms with Crippen LogP contribution in [0.2, 0.25) is 0 Å². The number of hydrogen-bond acceptors (Lipinski definition) is 5. The molecule has 1 rings (SSSR count). The highest BCUT2D eigenvalue weighted by molar-refractivity contribution is 5.93.